The van der Waals surface area contributed by atoms with Crippen molar-refractivity contribution < 1.29 is 0 Å². The highest BCUT2D eigenvalue weighted by Crippen LogP contribution is 2.12. The predicted molar refractivity (Wildman–Crippen MR) is 61.0 cm³/mol. The molecular weight excluding hydrogens is 258 g/mol. The van der Waals surface area contributed by atoms with E-state index < -0.39 is 0 Å². The fourth-order valence-electron chi connectivity index (χ4n) is 1.49. The van der Waals surface area contributed by atoms with Crippen molar-refractivity contribution in [3.8, 4) is 0 Å². The molecule has 0 atom stereocenters. The van der Waals surface area contributed by atoms with Crippen LogP contribution in [0.5, 0.6) is 0 Å². The highest BCUT2D eigenvalue weighted by molar-refractivity contribution is 9.10. The van der Waals surface area contributed by atoms with E-state index in [1.165, 1.54) is 0 Å². The van der Waals surface area contributed by atoms with Gasteiger partial charge in [-0.25, -0.2) is 4.52 Å². The second-order valence-corrected chi connectivity index (χ2v) is 4.50. The second kappa shape index (κ2) is 3.46. The van der Waals surface area contributed by atoms with Crippen LogP contribution in [0.4, 0.5) is 5.95 Å². The van der Waals surface area contributed by atoms with E-state index in [0.717, 1.165) is 23.2 Å². The van der Waals surface area contributed by atoms with E-state index in [9.17, 15) is 0 Å². The third-order valence-corrected chi connectivity index (χ3v) is 2.88. The lowest BCUT2D eigenvalue weighted by atomic mass is 10.2. The van der Waals surface area contributed by atoms with Gasteiger partial charge in [-0.1, -0.05) is 0 Å². The summed E-state index contributed by atoms with van der Waals surface area (Å²) < 4.78 is 2.76. The number of hydrogen-bond donors (Lipinski definition) is 2. The quantitative estimate of drug-likeness (QED) is 0.848. The van der Waals surface area contributed by atoms with E-state index in [0.29, 0.717) is 12.0 Å². The summed E-state index contributed by atoms with van der Waals surface area (Å²) in [5, 5.41) is 10.8. The van der Waals surface area contributed by atoms with Crippen LogP contribution in [-0.2, 0) is 0 Å². The molecule has 0 spiro atoms. The molecule has 2 aromatic rings. The molecule has 15 heavy (non-hydrogen) atoms. The molecule has 0 radical (unpaired) electrons. The Balaban J connectivity index is 1.91. The lowest BCUT2D eigenvalue weighted by Crippen LogP contribution is -2.51. The summed E-state index contributed by atoms with van der Waals surface area (Å²) in [5.74, 6) is 0.694. The molecule has 3 rings (SSSR count). The zero-order valence-corrected chi connectivity index (χ0v) is 9.53. The van der Waals surface area contributed by atoms with Gasteiger partial charge in [0, 0.05) is 23.8 Å². The number of anilines is 1. The van der Waals surface area contributed by atoms with Crippen LogP contribution in [0.2, 0.25) is 0 Å². The minimum absolute atomic E-state index is 0.464. The molecule has 2 N–H and O–H groups in total. The number of nitrogens with zero attached hydrogens (tertiary/aromatic N) is 3. The topological polar surface area (TPSA) is 54.2 Å². The Labute approximate surface area is 95.0 Å². The molecule has 1 aliphatic rings. The van der Waals surface area contributed by atoms with E-state index in [1.54, 1.807) is 4.52 Å². The van der Waals surface area contributed by atoms with Crippen molar-refractivity contribution in [3.05, 3.63) is 22.8 Å². The molecule has 0 unspecified atom stereocenters. The maximum Gasteiger partial charge on any atom is 0.243 e. The van der Waals surface area contributed by atoms with Crippen molar-refractivity contribution in [1.29, 1.82) is 0 Å². The van der Waals surface area contributed by atoms with E-state index >= 15 is 0 Å². The molecule has 1 aliphatic heterocycles. The van der Waals surface area contributed by atoms with Gasteiger partial charge in [-0.3, -0.25) is 0 Å². The van der Waals surface area contributed by atoms with Crippen LogP contribution in [0.25, 0.3) is 5.65 Å². The highest BCUT2D eigenvalue weighted by atomic mass is 79.9. The third kappa shape index (κ3) is 1.70. The van der Waals surface area contributed by atoms with Crippen LogP contribution in [0.3, 0.4) is 0 Å². The predicted octanol–water partition coefficient (Wildman–Crippen LogP) is 0.875. The molecule has 1 saturated heterocycles. The van der Waals surface area contributed by atoms with Crippen molar-refractivity contribution in [3.63, 3.8) is 0 Å². The lowest BCUT2D eigenvalue weighted by molar-refractivity contribution is 0.470. The minimum atomic E-state index is 0.464. The first-order chi connectivity index (χ1) is 7.31. The van der Waals surface area contributed by atoms with Crippen LogP contribution in [-0.4, -0.2) is 33.7 Å². The monoisotopic (exact) mass is 267 g/mol. The fraction of sp³-hybridized carbons (Fsp3) is 0.333. The number of fused-ring (bicyclic) bond motifs is 1. The molecule has 2 aromatic heterocycles. The summed E-state index contributed by atoms with van der Waals surface area (Å²) >= 11 is 3.40. The van der Waals surface area contributed by atoms with Gasteiger partial charge in [0.05, 0.1) is 6.04 Å². The number of nitrogens with one attached hydrogen (secondary N) is 2. The molecule has 0 aromatic carbocycles. The zero-order chi connectivity index (χ0) is 10.3. The summed E-state index contributed by atoms with van der Waals surface area (Å²) in [5.41, 5.74) is 0.855. The van der Waals surface area contributed by atoms with Gasteiger partial charge in [0.1, 0.15) is 0 Å². The van der Waals surface area contributed by atoms with Crippen molar-refractivity contribution in [2.24, 2.45) is 0 Å². The fourth-order valence-corrected chi connectivity index (χ4v) is 1.82. The highest BCUT2D eigenvalue weighted by Gasteiger charge is 2.17. The van der Waals surface area contributed by atoms with E-state index in [4.69, 9.17) is 0 Å². The smallest absolute Gasteiger partial charge is 0.243 e. The average Bonchev–Trinajstić information content (AvgIpc) is 2.53. The number of rotatable bonds is 2. The lowest BCUT2D eigenvalue weighted by Gasteiger charge is -2.27. The van der Waals surface area contributed by atoms with Gasteiger partial charge in [0.15, 0.2) is 5.65 Å². The van der Waals surface area contributed by atoms with Gasteiger partial charge in [0.25, 0.3) is 0 Å². The van der Waals surface area contributed by atoms with Crippen molar-refractivity contribution in [2.75, 3.05) is 18.4 Å². The van der Waals surface area contributed by atoms with Gasteiger partial charge < -0.3 is 10.6 Å². The second-order valence-electron chi connectivity index (χ2n) is 3.59. The van der Waals surface area contributed by atoms with Crippen molar-refractivity contribution in [2.45, 2.75) is 6.04 Å². The third-order valence-electron chi connectivity index (χ3n) is 2.41. The Morgan fingerprint density at radius 2 is 2.33 bits per heavy atom. The van der Waals surface area contributed by atoms with E-state index in [1.807, 2.05) is 18.3 Å². The van der Waals surface area contributed by atoms with Gasteiger partial charge in [-0.2, -0.15) is 4.98 Å². The SMILES string of the molecule is Brc1ccc2nc(NC3CNC3)nn2c1. The molecule has 0 amide bonds. The summed E-state index contributed by atoms with van der Waals surface area (Å²) in [7, 11) is 0. The normalized spacial score (nSPS) is 16.6. The van der Waals surface area contributed by atoms with Gasteiger partial charge >= 0.3 is 0 Å². The molecule has 1 fully saturated rings. The Kier molecular flexibility index (Phi) is 2.10. The molecule has 6 heteroatoms. The van der Waals surface area contributed by atoms with Crippen LogP contribution >= 0.6 is 15.9 Å². The molecule has 78 valence electrons. The van der Waals surface area contributed by atoms with Crippen LogP contribution < -0.4 is 10.6 Å². The van der Waals surface area contributed by atoms with Crippen molar-refractivity contribution >= 4 is 27.5 Å². The van der Waals surface area contributed by atoms with E-state index in [2.05, 4.69) is 36.6 Å². The molecule has 0 saturated carbocycles. The Morgan fingerprint density at radius 1 is 1.47 bits per heavy atom. The summed E-state index contributed by atoms with van der Waals surface area (Å²) in [4.78, 5) is 4.37. The van der Waals surface area contributed by atoms with Crippen LogP contribution in [0.1, 0.15) is 0 Å². The summed E-state index contributed by atoms with van der Waals surface area (Å²) in [6.07, 6.45) is 1.90. The van der Waals surface area contributed by atoms with E-state index in [-0.39, 0.29) is 0 Å². The number of halogens is 1. The molecule has 5 nitrogen and oxygen atoms in total. The first kappa shape index (κ1) is 9.11. The number of hydrogen-bond acceptors (Lipinski definition) is 4. The van der Waals surface area contributed by atoms with Gasteiger partial charge in [-0.05, 0) is 28.1 Å². The van der Waals surface area contributed by atoms with Crippen molar-refractivity contribution in [1.82, 2.24) is 19.9 Å². The summed E-state index contributed by atoms with van der Waals surface area (Å²) in [6.45, 7) is 1.97. The molecule has 0 bridgehead atoms. The minimum Gasteiger partial charge on any atom is -0.348 e. The molecular formula is C9H10BrN5. The number of aromatic nitrogens is 3. The zero-order valence-electron chi connectivity index (χ0n) is 7.94. The maximum atomic E-state index is 4.37. The Hall–Kier alpha value is -1.14. The Bertz CT molecular complexity index is 490. The first-order valence-corrected chi connectivity index (χ1v) is 5.60. The molecule has 0 aliphatic carbocycles. The van der Waals surface area contributed by atoms with Gasteiger partial charge in [-0.15, -0.1) is 5.10 Å². The molecule has 3 heterocycles. The van der Waals surface area contributed by atoms with Crippen LogP contribution in [0, 0.1) is 0 Å². The maximum absolute atomic E-state index is 4.37. The standard InChI is InChI=1S/C9H10BrN5/c10-6-1-2-8-13-9(14-15(8)5-6)12-7-3-11-4-7/h1-2,5,7,11H,3-4H2,(H,12,14). The largest absolute Gasteiger partial charge is 0.348 e. The Morgan fingerprint density at radius 3 is 3.07 bits per heavy atom. The average molecular weight is 268 g/mol. The van der Waals surface area contributed by atoms with Gasteiger partial charge in [0.2, 0.25) is 5.95 Å². The first-order valence-electron chi connectivity index (χ1n) is 4.80. The van der Waals surface area contributed by atoms with Crippen LogP contribution in [0.15, 0.2) is 22.8 Å². The summed E-state index contributed by atoms with van der Waals surface area (Å²) in [6, 6.07) is 4.35. The number of pyridine rings is 1.